The van der Waals surface area contributed by atoms with Crippen molar-refractivity contribution in [3.05, 3.63) is 23.8 Å². The van der Waals surface area contributed by atoms with Crippen LogP contribution in [-0.4, -0.2) is 38.8 Å². The van der Waals surface area contributed by atoms with Crippen LogP contribution in [0.2, 0.25) is 0 Å². The van der Waals surface area contributed by atoms with Gasteiger partial charge in [-0.05, 0) is 38.4 Å². The Bertz CT molecular complexity index is 476. The van der Waals surface area contributed by atoms with E-state index in [1.165, 1.54) is 0 Å². The molecule has 0 aliphatic carbocycles. The summed E-state index contributed by atoms with van der Waals surface area (Å²) in [5.74, 6) is 0.917. The number of para-hydroxylation sites is 1. The Kier molecular flexibility index (Phi) is 4.84. The quantitative estimate of drug-likeness (QED) is 0.878. The zero-order valence-corrected chi connectivity index (χ0v) is 12.2. The number of methoxy groups -OCH3 is 2. The second-order valence-electron chi connectivity index (χ2n) is 5.01. The molecule has 0 saturated carbocycles. The van der Waals surface area contributed by atoms with Gasteiger partial charge in [0.1, 0.15) is 0 Å². The molecule has 1 aliphatic heterocycles. The number of piperidine rings is 1. The van der Waals surface area contributed by atoms with Gasteiger partial charge in [0.15, 0.2) is 11.5 Å². The van der Waals surface area contributed by atoms with E-state index in [4.69, 9.17) is 9.47 Å². The van der Waals surface area contributed by atoms with Gasteiger partial charge in [-0.3, -0.25) is 4.79 Å². The molecule has 0 bridgehead atoms. The number of ether oxygens (including phenoxy) is 2. The van der Waals surface area contributed by atoms with E-state index >= 15 is 0 Å². The van der Waals surface area contributed by atoms with Gasteiger partial charge in [0.05, 0.1) is 19.8 Å². The fourth-order valence-electron chi connectivity index (χ4n) is 2.55. The van der Waals surface area contributed by atoms with E-state index < -0.39 is 0 Å². The van der Waals surface area contributed by atoms with Crippen LogP contribution in [0.1, 0.15) is 30.1 Å². The molecule has 5 nitrogen and oxygen atoms in total. The van der Waals surface area contributed by atoms with Gasteiger partial charge < -0.3 is 20.1 Å². The van der Waals surface area contributed by atoms with Crippen molar-refractivity contribution in [2.45, 2.75) is 31.8 Å². The predicted octanol–water partition coefficient (Wildman–Crippen LogP) is 1.57. The van der Waals surface area contributed by atoms with Crippen LogP contribution in [0.15, 0.2) is 18.2 Å². The van der Waals surface area contributed by atoms with Crippen molar-refractivity contribution in [1.29, 1.82) is 0 Å². The van der Waals surface area contributed by atoms with Gasteiger partial charge in [0.25, 0.3) is 5.91 Å². The summed E-state index contributed by atoms with van der Waals surface area (Å²) in [7, 11) is 3.10. The van der Waals surface area contributed by atoms with E-state index in [2.05, 4.69) is 17.6 Å². The fraction of sp³-hybridized carbons (Fsp3) is 0.533. The maximum absolute atomic E-state index is 12.4. The second-order valence-corrected chi connectivity index (χ2v) is 5.01. The number of rotatable bonds is 4. The average molecular weight is 278 g/mol. The number of hydrogen-bond donors (Lipinski definition) is 2. The van der Waals surface area contributed by atoms with Crippen LogP contribution in [0, 0.1) is 0 Å². The highest BCUT2D eigenvalue weighted by Crippen LogP contribution is 2.30. The Labute approximate surface area is 119 Å². The summed E-state index contributed by atoms with van der Waals surface area (Å²) in [5, 5.41) is 6.44. The third-order valence-corrected chi connectivity index (χ3v) is 3.73. The second kappa shape index (κ2) is 6.61. The van der Waals surface area contributed by atoms with Crippen molar-refractivity contribution in [2.75, 3.05) is 20.8 Å². The van der Waals surface area contributed by atoms with Crippen molar-refractivity contribution in [3.63, 3.8) is 0 Å². The molecule has 2 unspecified atom stereocenters. The summed E-state index contributed by atoms with van der Waals surface area (Å²) >= 11 is 0. The molecule has 1 aromatic carbocycles. The number of amides is 1. The average Bonchev–Trinajstić information content (AvgIpc) is 2.48. The first-order valence-electron chi connectivity index (χ1n) is 6.92. The fourth-order valence-corrected chi connectivity index (χ4v) is 2.55. The lowest BCUT2D eigenvalue weighted by Gasteiger charge is -2.30. The van der Waals surface area contributed by atoms with Crippen LogP contribution in [0.5, 0.6) is 11.5 Å². The standard InChI is InChI=1S/C15H22N2O3/c1-10-12(7-5-9-16-10)17-15(18)11-6-4-8-13(19-2)14(11)20-3/h4,6,8,10,12,16H,5,7,9H2,1-3H3,(H,17,18). The Morgan fingerprint density at radius 1 is 1.35 bits per heavy atom. The molecule has 20 heavy (non-hydrogen) atoms. The summed E-state index contributed by atoms with van der Waals surface area (Å²) < 4.78 is 10.5. The Balaban J connectivity index is 2.16. The van der Waals surface area contributed by atoms with Crippen molar-refractivity contribution < 1.29 is 14.3 Å². The zero-order valence-electron chi connectivity index (χ0n) is 12.2. The van der Waals surface area contributed by atoms with Crippen molar-refractivity contribution in [3.8, 4) is 11.5 Å². The smallest absolute Gasteiger partial charge is 0.255 e. The highest BCUT2D eigenvalue weighted by Gasteiger charge is 2.24. The number of hydrogen-bond acceptors (Lipinski definition) is 4. The number of carbonyl (C=O) groups is 1. The number of carbonyl (C=O) groups excluding carboxylic acids is 1. The van der Waals surface area contributed by atoms with Crippen LogP contribution in [0.4, 0.5) is 0 Å². The van der Waals surface area contributed by atoms with Crippen molar-refractivity contribution in [1.82, 2.24) is 10.6 Å². The first-order chi connectivity index (χ1) is 9.67. The van der Waals surface area contributed by atoms with Crippen LogP contribution in [-0.2, 0) is 0 Å². The molecule has 0 aromatic heterocycles. The Morgan fingerprint density at radius 3 is 2.80 bits per heavy atom. The molecular weight excluding hydrogens is 256 g/mol. The topological polar surface area (TPSA) is 59.6 Å². The molecule has 110 valence electrons. The molecule has 1 aliphatic rings. The predicted molar refractivity (Wildman–Crippen MR) is 77.5 cm³/mol. The molecule has 5 heteroatoms. The third-order valence-electron chi connectivity index (χ3n) is 3.73. The summed E-state index contributed by atoms with van der Waals surface area (Å²) in [4.78, 5) is 12.4. The molecule has 1 fully saturated rings. The van der Waals surface area contributed by atoms with Gasteiger partial charge in [-0.15, -0.1) is 0 Å². The van der Waals surface area contributed by atoms with E-state index in [-0.39, 0.29) is 18.0 Å². The van der Waals surface area contributed by atoms with Crippen LogP contribution >= 0.6 is 0 Å². The summed E-state index contributed by atoms with van der Waals surface area (Å²) in [6, 6.07) is 5.74. The summed E-state index contributed by atoms with van der Waals surface area (Å²) in [6.45, 7) is 3.10. The minimum absolute atomic E-state index is 0.124. The SMILES string of the molecule is COc1cccc(C(=O)NC2CCCNC2C)c1OC. The van der Waals surface area contributed by atoms with E-state index in [1.54, 1.807) is 32.4 Å². The lowest BCUT2D eigenvalue weighted by atomic mass is 9.99. The first kappa shape index (κ1) is 14.7. The molecule has 2 rings (SSSR count). The number of benzene rings is 1. The maximum atomic E-state index is 12.4. The molecule has 1 aromatic rings. The molecule has 0 radical (unpaired) electrons. The summed E-state index contributed by atoms with van der Waals surface area (Å²) in [6.07, 6.45) is 2.07. The monoisotopic (exact) mass is 278 g/mol. The van der Waals surface area contributed by atoms with Gasteiger partial charge in [-0.25, -0.2) is 0 Å². The zero-order chi connectivity index (χ0) is 14.5. The highest BCUT2D eigenvalue weighted by molar-refractivity contribution is 5.98. The minimum Gasteiger partial charge on any atom is -0.493 e. The molecule has 1 heterocycles. The van der Waals surface area contributed by atoms with Gasteiger partial charge in [0, 0.05) is 12.1 Å². The molecule has 2 atom stereocenters. The van der Waals surface area contributed by atoms with E-state index in [0.29, 0.717) is 17.1 Å². The van der Waals surface area contributed by atoms with Gasteiger partial charge in [0.2, 0.25) is 0 Å². The van der Waals surface area contributed by atoms with Crippen LogP contribution in [0.25, 0.3) is 0 Å². The maximum Gasteiger partial charge on any atom is 0.255 e. The Morgan fingerprint density at radius 2 is 2.15 bits per heavy atom. The third kappa shape index (κ3) is 3.04. The largest absolute Gasteiger partial charge is 0.493 e. The van der Waals surface area contributed by atoms with Crippen molar-refractivity contribution >= 4 is 5.91 Å². The van der Waals surface area contributed by atoms with Gasteiger partial charge in [-0.2, -0.15) is 0 Å². The molecule has 0 spiro atoms. The van der Waals surface area contributed by atoms with E-state index in [0.717, 1.165) is 19.4 Å². The molecule has 1 amide bonds. The van der Waals surface area contributed by atoms with Gasteiger partial charge >= 0.3 is 0 Å². The lowest BCUT2D eigenvalue weighted by molar-refractivity contribution is 0.0916. The molecular formula is C15H22N2O3. The van der Waals surface area contributed by atoms with E-state index in [1.807, 2.05) is 0 Å². The highest BCUT2D eigenvalue weighted by atomic mass is 16.5. The van der Waals surface area contributed by atoms with E-state index in [9.17, 15) is 4.79 Å². The molecule has 2 N–H and O–H groups in total. The molecule has 1 saturated heterocycles. The van der Waals surface area contributed by atoms with Crippen LogP contribution < -0.4 is 20.1 Å². The van der Waals surface area contributed by atoms with Gasteiger partial charge in [-0.1, -0.05) is 6.07 Å². The Hall–Kier alpha value is -1.75. The van der Waals surface area contributed by atoms with Crippen LogP contribution in [0.3, 0.4) is 0 Å². The lowest BCUT2D eigenvalue weighted by Crippen LogP contribution is -2.51. The van der Waals surface area contributed by atoms with Crippen molar-refractivity contribution in [2.24, 2.45) is 0 Å². The first-order valence-corrected chi connectivity index (χ1v) is 6.92. The minimum atomic E-state index is -0.124. The summed E-state index contributed by atoms with van der Waals surface area (Å²) in [5.41, 5.74) is 0.504. The number of nitrogens with one attached hydrogen (secondary N) is 2. The normalized spacial score (nSPS) is 22.1.